The van der Waals surface area contributed by atoms with Crippen LogP contribution in [0.1, 0.15) is 38.0 Å². The zero-order valence-electron chi connectivity index (χ0n) is 13.1. The van der Waals surface area contributed by atoms with Crippen LogP contribution in [0.5, 0.6) is 0 Å². The molecule has 2 unspecified atom stereocenters. The molecule has 2 aromatic rings. The number of hydrogen-bond acceptors (Lipinski definition) is 3. The van der Waals surface area contributed by atoms with E-state index in [1.54, 1.807) is 0 Å². The molecule has 1 aromatic heterocycles. The van der Waals surface area contributed by atoms with Gasteiger partial charge in [0.15, 0.2) is 0 Å². The molecule has 0 radical (unpaired) electrons. The first-order valence-corrected chi connectivity index (χ1v) is 8.14. The summed E-state index contributed by atoms with van der Waals surface area (Å²) >= 11 is 0. The number of nitrogens with one attached hydrogen (secondary N) is 1. The molecule has 0 amide bonds. The van der Waals surface area contributed by atoms with E-state index >= 15 is 0 Å². The molecule has 3 nitrogen and oxygen atoms in total. The smallest absolute Gasteiger partial charge is 0.134 e. The number of likely N-dealkylation sites (tertiary alicyclic amines) is 1. The molecule has 0 spiro atoms. The molecule has 1 aliphatic heterocycles. The lowest BCUT2D eigenvalue weighted by atomic mass is 10.0. The summed E-state index contributed by atoms with van der Waals surface area (Å²) in [5.74, 6) is 1.92. The summed E-state index contributed by atoms with van der Waals surface area (Å²) in [6.45, 7) is 5.82. The van der Waals surface area contributed by atoms with E-state index in [1.807, 2.05) is 19.2 Å². The first kappa shape index (κ1) is 14.6. The first-order chi connectivity index (χ1) is 10.3. The summed E-state index contributed by atoms with van der Waals surface area (Å²) in [4.78, 5) is 2.58. The molecule has 2 heterocycles. The van der Waals surface area contributed by atoms with Crippen LogP contribution in [-0.2, 0) is 0 Å². The highest BCUT2D eigenvalue weighted by atomic mass is 16.3. The van der Waals surface area contributed by atoms with Gasteiger partial charge in [0.1, 0.15) is 11.3 Å². The van der Waals surface area contributed by atoms with E-state index in [1.165, 1.54) is 37.7 Å². The van der Waals surface area contributed by atoms with Crippen LogP contribution >= 0.6 is 0 Å². The maximum Gasteiger partial charge on any atom is 0.134 e. The molecule has 1 N–H and O–H groups in total. The Morgan fingerprint density at radius 1 is 1.29 bits per heavy atom. The molecule has 1 aromatic carbocycles. The summed E-state index contributed by atoms with van der Waals surface area (Å²) in [6.07, 6.45) is 4.00. The molecule has 114 valence electrons. The summed E-state index contributed by atoms with van der Waals surface area (Å²) in [7, 11) is 2.03. The lowest BCUT2D eigenvalue weighted by molar-refractivity contribution is 0.241. The van der Waals surface area contributed by atoms with Crippen LogP contribution in [0, 0.1) is 5.92 Å². The third-order valence-electron chi connectivity index (χ3n) is 4.69. The Bertz CT molecular complexity index is 544. The largest absolute Gasteiger partial charge is 0.459 e. The lowest BCUT2D eigenvalue weighted by Gasteiger charge is -2.24. The van der Waals surface area contributed by atoms with E-state index in [2.05, 4.69) is 35.3 Å². The zero-order chi connectivity index (χ0) is 14.7. The molecular formula is C18H26N2O. The maximum atomic E-state index is 6.03. The van der Waals surface area contributed by atoms with Crippen molar-refractivity contribution in [2.24, 2.45) is 5.92 Å². The predicted octanol–water partition coefficient (Wildman–Crippen LogP) is 3.82. The van der Waals surface area contributed by atoms with Crippen LogP contribution in [0.15, 0.2) is 34.7 Å². The van der Waals surface area contributed by atoms with Crippen LogP contribution in [0.4, 0.5) is 0 Å². The van der Waals surface area contributed by atoms with Gasteiger partial charge in [0.05, 0.1) is 6.04 Å². The minimum atomic E-state index is 0.269. The van der Waals surface area contributed by atoms with Gasteiger partial charge in [-0.05, 0) is 57.5 Å². The Hall–Kier alpha value is -1.32. The first-order valence-electron chi connectivity index (χ1n) is 8.14. The van der Waals surface area contributed by atoms with Crippen LogP contribution in [0.2, 0.25) is 0 Å². The fourth-order valence-corrected chi connectivity index (χ4v) is 3.26. The average molecular weight is 286 g/mol. The molecule has 2 atom stereocenters. The van der Waals surface area contributed by atoms with Crippen molar-refractivity contribution in [3.8, 4) is 0 Å². The van der Waals surface area contributed by atoms with Crippen molar-refractivity contribution in [2.45, 2.75) is 32.2 Å². The Kier molecular flexibility index (Phi) is 4.61. The molecule has 3 rings (SSSR count). The molecule has 1 saturated heterocycles. The number of likely N-dealkylation sites (N-methyl/N-ethyl adjacent to an activating group) is 1. The molecule has 1 fully saturated rings. The highest BCUT2D eigenvalue weighted by Gasteiger charge is 2.20. The van der Waals surface area contributed by atoms with E-state index in [0.717, 1.165) is 23.8 Å². The van der Waals surface area contributed by atoms with Gasteiger partial charge in [-0.1, -0.05) is 25.1 Å². The standard InChI is InChI=1S/C18H26N2O/c1-14-6-5-10-20(11-9-14)13-16(19-2)18-12-15-7-3-4-8-17(15)21-18/h3-4,7-8,12,14,16,19H,5-6,9-11,13H2,1-2H3. The van der Waals surface area contributed by atoms with Crippen molar-refractivity contribution in [1.29, 1.82) is 0 Å². The number of fused-ring (bicyclic) bond motifs is 1. The molecular weight excluding hydrogens is 260 g/mol. The van der Waals surface area contributed by atoms with Gasteiger partial charge in [-0.15, -0.1) is 0 Å². The van der Waals surface area contributed by atoms with Crippen molar-refractivity contribution in [3.05, 3.63) is 36.1 Å². The van der Waals surface area contributed by atoms with Crippen molar-refractivity contribution in [2.75, 3.05) is 26.7 Å². The fourth-order valence-electron chi connectivity index (χ4n) is 3.26. The number of hydrogen-bond donors (Lipinski definition) is 1. The average Bonchev–Trinajstić information content (AvgIpc) is 2.82. The van der Waals surface area contributed by atoms with Crippen molar-refractivity contribution in [3.63, 3.8) is 0 Å². The van der Waals surface area contributed by atoms with Crippen LogP contribution in [0.3, 0.4) is 0 Å². The summed E-state index contributed by atoms with van der Waals surface area (Å²) in [5.41, 5.74) is 0.984. The van der Waals surface area contributed by atoms with Crippen LogP contribution in [-0.4, -0.2) is 31.6 Å². The van der Waals surface area contributed by atoms with Gasteiger partial charge in [0.25, 0.3) is 0 Å². The van der Waals surface area contributed by atoms with E-state index in [9.17, 15) is 0 Å². The van der Waals surface area contributed by atoms with Gasteiger partial charge < -0.3 is 14.6 Å². The molecule has 21 heavy (non-hydrogen) atoms. The number of rotatable bonds is 4. The Balaban J connectivity index is 1.72. The van der Waals surface area contributed by atoms with Gasteiger partial charge >= 0.3 is 0 Å². The molecule has 0 bridgehead atoms. The summed E-state index contributed by atoms with van der Waals surface area (Å²) in [5, 5.41) is 4.61. The molecule has 1 aliphatic rings. The summed E-state index contributed by atoms with van der Waals surface area (Å²) in [6, 6.07) is 10.7. The van der Waals surface area contributed by atoms with E-state index in [4.69, 9.17) is 4.42 Å². The topological polar surface area (TPSA) is 28.4 Å². The van der Waals surface area contributed by atoms with Gasteiger partial charge in [-0.2, -0.15) is 0 Å². The number of nitrogens with zero attached hydrogens (tertiary/aromatic N) is 1. The van der Waals surface area contributed by atoms with Crippen LogP contribution < -0.4 is 5.32 Å². The molecule has 3 heteroatoms. The normalized spacial score (nSPS) is 22.3. The van der Waals surface area contributed by atoms with Crippen molar-refractivity contribution < 1.29 is 4.42 Å². The number of furan rings is 1. The van der Waals surface area contributed by atoms with E-state index < -0.39 is 0 Å². The zero-order valence-corrected chi connectivity index (χ0v) is 13.1. The second-order valence-electron chi connectivity index (χ2n) is 6.36. The van der Waals surface area contributed by atoms with E-state index in [0.29, 0.717) is 0 Å². The van der Waals surface area contributed by atoms with Gasteiger partial charge in [-0.3, -0.25) is 0 Å². The quantitative estimate of drug-likeness (QED) is 0.926. The molecule has 0 saturated carbocycles. The van der Waals surface area contributed by atoms with Crippen molar-refractivity contribution >= 4 is 11.0 Å². The highest BCUT2D eigenvalue weighted by Crippen LogP contribution is 2.25. The Morgan fingerprint density at radius 3 is 2.95 bits per heavy atom. The minimum Gasteiger partial charge on any atom is -0.459 e. The van der Waals surface area contributed by atoms with Crippen molar-refractivity contribution in [1.82, 2.24) is 10.2 Å². The SMILES string of the molecule is CNC(CN1CCCC(C)CC1)c1cc2ccccc2o1. The maximum absolute atomic E-state index is 6.03. The third kappa shape index (κ3) is 3.47. The predicted molar refractivity (Wildman–Crippen MR) is 87.5 cm³/mol. The monoisotopic (exact) mass is 286 g/mol. The fraction of sp³-hybridized carbons (Fsp3) is 0.556. The minimum absolute atomic E-state index is 0.269. The highest BCUT2D eigenvalue weighted by molar-refractivity contribution is 5.77. The molecule has 0 aliphatic carbocycles. The summed E-state index contributed by atoms with van der Waals surface area (Å²) < 4.78 is 6.03. The second-order valence-corrected chi connectivity index (χ2v) is 6.36. The number of benzene rings is 1. The van der Waals surface area contributed by atoms with Crippen LogP contribution in [0.25, 0.3) is 11.0 Å². The van der Waals surface area contributed by atoms with Gasteiger partial charge in [-0.25, -0.2) is 0 Å². The van der Waals surface area contributed by atoms with E-state index in [-0.39, 0.29) is 6.04 Å². The Labute approximate surface area is 127 Å². The second kappa shape index (κ2) is 6.63. The van der Waals surface area contributed by atoms with Gasteiger partial charge in [0.2, 0.25) is 0 Å². The lowest BCUT2D eigenvalue weighted by Crippen LogP contribution is -2.34. The Morgan fingerprint density at radius 2 is 2.14 bits per heavy atom. The third-order valence-corrected chi connectivity index (χ3v) is 4.69. The van der Waals surface area contributed by atoms with Gasteiger partial charge in [0, 0.05) is 11.9 Å². The number of para-hydroxylation sites is 1.